The lowest BCUT2D eigenvalue weighted by atomic mass is 10.1. The van der Waals surface area contributed by atoms with E-state index in [4.69, 9.17) is 4.74 Å². The summed E-state index contributed by atoms with van der Waals surface area (Å²) in [4.78, 5) is 23.6. The van der Waals surface area contributed by atoms with Gasteiger partial charge in [0.25, 0.3) is 5.91 Å². The molecule has 1 aromatic heterocycles. The van der Waals surface area contributed by atoms with Gasteiger partial charge >= 0.3 is 5.97 Å². The van der Waals surface area contributed by atoms with Gasteiger partial charge in [0.2, 0.25) is 0 Å². The summed E-state index contributed by atoms with van der Waals surface area (Å²) in [5.74, 6) is -1.37. The average molecular weight is 296 g/mol. The smallest absolute Gasteiger partial charge is 0.337 e. The molecule has 1 aromatic rings. The van der Waals surface area contributed by atoms with Crippen LogP contribution in [0.25, 0.3) is 0 Å². The molecule has 0 saturated heterocycles. The Kier molecular flexibility index (Phi) is 4.64. The number of carbonyl (C=O) groups is 2. The number of carboxylic acid groups (broad SMARTS) is 1. The van der Waals surface area contributed by atoms with Crippen LogP contribution in [0.1, 0.15) is 40.4 Å². The van der Waals surface area contributed by atoms with Crippen LogP contribution in [0.4, 0.5) is 0 Å². The Hall–Kier alpha value is -1.86. The maximum atomic E-state index is 12.3. The zero-order valence-corrected chi connectivity index (χ0v) is 12.1. The van der Waals surface area contributed by atoms with E-state index in [1.165, 1.54) is 6.07 Å². The minimum Gasteiger partial charge on any atom is -0.478 e. The number of amides is 1. The molecule has 116 valence electrons. The highest BCUT2D eigenvalue weighted by Gasteiger charge is 2.27. The molecule has 0 aliphatic carbocycles. The number of ether oxygens (including phenoxy) is 1. The second-order valence-corrected chi connectivity index (χ2v) is 5.41. The van der Waals surface area contributed by atoms with Crippen LogP contribution in [0.5, 0.6) is 0 Å². The maximum Gasteiger partial charge on any atom is 0.337 e. The molecular weight excluding hydrogens is 276 g/mol. The van der Waals surface area contributed by atoms with E-state index in [2.05, 4.69) is 5.32 Å². The Morgan fingerprint density at radius 3 is 2.76 bits per heavy atom. The topological polar surface area (TPSA) is 101 Å². The second-order valence-electron chi connectivity index (χ2n) is 5.41. The molecule has 0 spiro atoms. The third kappa shape index (κ3) is 3.08. The van der Waals surface area contributed by atoms with Crippen LogP contribution in [-0.2, 0) is 17.9 Å². The quantitative estimate of drug-likeness (QED) is 0.733. The number of aliphatic hydroxyl groups is 1. The van der Waals surface area contributed by atoms with Crippen molar-refractivity contribution in [3.8, 4) is 0 Å². The van der Waals surface area contributed by atoms with Gasteiger partial charge in [-0.2, -0.15) is 0 Å². The standard InChI is InChI=1S/C14H20N2O5/c1-8(2)10(6-17)15-13(18)11-5-9(14(19)20)12-7-21-4-3-16(11)12/h5,8,10,17H,3-4,6-7H2,1-2H3,(H,15,18)(H,19,20)/t10-/m0/s1. The molecule has 2 heterocycles. The Morgan fingerprint density at radius 2 is 2.19 bits per heavy atom. The number of aromatic carboxylic acids is 1. The second kappa shape index (κ2) is 6.28. The molecule has 7 heteroatoms. The molecule has 0 fully saturated rings. The van der Waals surface area contributed by atoms with Gasteiger partial charge in [-0.05, 0) is 12.0 Å². The first kappa shape index (κ1) is 15.5. The molecule has 1 amide bonds. The minimum absolute atomic E-state index is 0.0806. The highest BCUT2D eigenvalue weighted by atomic mass is 16.5. The molecule has 3 N–H and O–H groups in total. The Balaban J connectivity index is 2.31. The molecule has 1 aliphatic heterocycles. The van der Waals surface area contributed by atoms with Gasteiger partial charge in [-0.3, -0.25) is 4.79 Å². The van der Waals surface area contributed by atoms with E-state index >= 15 is 0 Å². The number of carboxylic acids is 1. The van der Waals surface area contributed by atoms with Gasteiger partial charge in [-0.15, -0.1) is 0 Å². The summed E-state index contributed by atoms with van der Waals surface area (Å²) in [6.07, 6.45) is 0. The van der Waals surface area contributed by atoms with Crippen molar-refractivity contribution in [2.75, 3.05) is 13.2 Å². The van der Waals surface area contributed by atoms with Gasteiger partial charge < -0.3 is 24.8 Å². The summed E-state index contributed by atoms with van der Waals surface area (Å²) in [7, 11) is 0. The Morgan fingerprint density at radius 1 is 1.48 bits per heavy atom. The third-order valence-corrected chi connectivity index (χ3v) is 3.69. The normalized spacial score (nSPS) is 15.6. The van der Waals surface area contributed by atoms with Gasteiger partial charge in [-0.25, -0.2) is 4.79 Å². The zero-order chi connectivity index (χ0) is 15.6. The fraction of sp³-hybridized carbons (Fsp3) is 0.571. The molecular formula is C14H20N2O5. The summed E-state index contributed by atoms with van der Waals surface area (Å²) < 4.78 is 6.94. The van der Waals surface area contributed by atoms with Crippen LogP contribution >= 0.6 is 0 Å². The van der Waals surface area contributed by atoms with Crippen molar-refractivity contribution in [3.05, 3.63) is 23.0 Å². The lowest BCUT2D eigenvalue weighted by molar-refractivity contribution is 0.0655. The summed E-state index contributed by atoms with van der Waals surface area (Å²) in [5, 5.41) is 21.2. The zero-order valence-electron chi connectivity index (χ0n) is 12.1. The van der Waals surface area contributed by atoms with E-state index in [0.29, 0.717) is 24.5 Å². The van der Waals surface area contributed by atoms with E-state index in [0.717, 1.165) is 0 Å². The number of nitrogens with one attached hydrogen (secondary N) is 1. The predicted octanol–water partition coefficient (Wildman–Crippen LogP) is 0.463. The molecule has 1 aliphatic rings. The van der Waals surface area contributed by atoms with Crippen molar-refractivity contribution in [1.82, 2.24) is 9.88 Å². The van der Waals surface area contributed by atoms with Crippen LogP contribution in [-0.4, -0.2) is 45.9 Å². The van der Waals surface area contributed by atoms with Crippen molar-refractivity contribution >= 4 is 11.9 Å². The summed E-state index contributed by atoms with van der Waals surface area (Å²) >= 11 is 0. The minimum atomic E-state index is -1.08. The van der Waals surface area contributed by atoms with Crippen molar-refractivity contribution in [2.24, 2.45) is 5.92 Å². The van der Waals surface area contributed by atoms with Gasteiger partial charge in [0.1, 0.15) is 5.69 Å². The number of carbonyl (C=O) groups excluding carboxylic acids is 1. The monoisotopic (exact) mass is 296 g/mol. The fourth-order valence-corrected chi connectivity index (χ4v) is 2.36. The van der Waals surface area contributed by atoms with E-state index in [1.54, 1.807) is 4.57 Å². The van der Waals surface area contributed by atoms with Crippen LogP contribution in [0, 0.1) is 5.92 Å². The van der Waals surface area contributed by atoms with E-state index in [1.807, 2.05) is 13.8 Å². The highest BCUT2D eigenvalue weighted by Crippen LogP contribution is 2.21. The Labute approximate surface area is 122 Å². The fourth-order valence-electron chi connectivity index (χ4n) is 2.36. The summed E-state index contributed by atoms with van der Waals surface area (Å²) in [6.45, 7) is 4.69. The number of fused-ring (bicyclic) bond motifs is 1. The van der Waals surface area contributed by atoms with Crippen LogP contribution in [0.3, 0.4) is 0 Å². The largest absolute Gasteiger partial charge is 0.478 e. The lowest BCUT2D eigenvalue weighted by Gasteiger charge is -2.22. The van der Waals surface area contributed by atoms with Crippen molar-refractivity contribution < 1.29 is 24.5 Å². The van der Waals surface area contributed by atoms with E-state index in [9.17, 15) is 19.8 Å². The first-order chi connectivity index (χ1) is 9.95. The van der Waals surface area contributed by atoms with Gasteiger partial charge in [-0.1, -0.05) is 13.8 Å². The lowest BCUT2D eigenvalue weighted by Crippen LogP contribution is -2.42. The molecule has 0 unspecified atom stereocenters. The van der Waals surface area contributed by atoms with Crippen molar-refractivity contribution in [3.63, 3.8) is 0 Å². The molecule has 21 heavy (non-hydrogen) atoms. The number of aliphatic hydroxyl groups excluding tert-OH is 1. The van der Waals surface area contributed by atoms with Crippen molar-refractivity contribution in [1.29, 1.82) is 0 Å². The average Bonchev–Trinajstić information content (AvgIpc) is 2.84. The predicted molar refractivity (Wildman–Crippen MR) is 74.2 cm³/mol. The van der Waals surface area contributed by atoms with E-state index < -0.39 is 5.97 Å². The first-order valence-electron chi connectivity index (χ1n) is 6.90. The van der Waals surface area contributed by atoms with Crippen LogP contribution < -0.4 is 5.32 Å². The van der Waals surface area contributed by atoms with Crippen LogP contribution in [0.15, 0.2) is 6.07 Å². The van der Waals surface area contributed by atoms with Crippen molar-refractivity contribution in [2.45, 2.75) is 33.0 Å². The van der Waals surface area contributed by atoms with Gasteiger partial charge in [0.05, 0.1) is 37.1 Å². The maximum absolute atomic E-state index is 12.3. The highest BCUT2D eigenvalue weighted by molar-refractivity contribution is 5.98. The molecule has 0 radical (unpaired) electrons. The summed E-state index contributed by atoms with van der Waals surface area (Å²) in [5.41, 5.74) is 0.888. The molecule has 7 nitrogen and oxygen atoms in total. The number of hydrogen-bond donors (Lipinski definition) is 3. The number of aromatic nitrogens is 1. The Bertz CT molecular complexity index is 550. The first-order valence-corrected chi connectivity index (χ1v) is 6.90. The molecule has 0 bridgehead atoms. The van der Waals surface area contributed by atoms with Gasteiger partial charge in [0, 0.05) is 6.54 Å². The molecule has 1 atom stereocenters. The van der Waals surface area contributed by atoms with Crippen LogP contribution in [0.2, 0.25) is 0 Å². The van der Waals surface area contributed by atoms with E-state index in [-0.39, 0.29) is 36.6 Å². The SMILES string of the molecule is CC(C)[C@H](CO)NC(=O)c1cc(C(=O)O)c2n1CCOC2. The summed E-state index contributed by atoms with van der Waals surface area (Å²) in [6, 6.07) is 1.01. The third-order valence-electron chi connectivity index (χ3n) is 3.69. The van der Waals surface area contributed by atoms with Gasteiger partial charge in [0.15, 0.2) is 0 Å². The molecule has 0 saturated carbocycles. The number of rotatable bonds is 5. The molecule has 2 rings (SSSR count). The number of hydrogen-bond acceptors (Lipinski definition) is 4. The molecule has 0 aromatic carbocycles. The number of nitrogens with zero attached hydrogens (tertiary/aromatic N) is 1.